The molecule has 0 unspecified atom stereocenters. The van der Waals surface area contributed by atoms with Crippen LogP contribution in [-0.2, 0) is 17.1 Å². The van der Waals surface area contributed by atoms with Crippen LogP contribution in [-0.4, -0.2) is 25.8 Å². The molecule has 1 aliphatic rings. The topological polar surface area (TPSA) is 58.5 Å². The highest BCUT2D eigenvalue weighted by Crippen LogP contribution is 2.39. The van der Waals surface area contributed by atoms with Crippen LogP contribution >= 0.6 is 46.6 Å². The Bertz CT molecular complexity index is 1240. The van der Waals surface area contributed by atoms with Crippen LogP contribution in [0, 0.1) is 0 Å². The predicted octanol–water partition coefficient (Wildman–Crippen LogP) is 7.15. The van der Waals surface area contributed by atoms with Gasteiger partial charge in [0.15, 0.2) is 11.0 Å². The van der Waals surface area contributed by atoms with Gasteiger partial charge < -0.3 is 4.90 Å². The lowest BCUT2D eigenvalue weighted by atomic mass is 9.92. The largest absolute Gasteiger partial charge is 0.335 e. The third-order valence-corrected chi connectivity index (χ3v) is 7.11. The maximum Gasteiger partial charge on any atom is 0.165 e. The Morgan fingerprint density at radius 2 is 1.56 bits per heavy atom. The van der Waals surface area contributed by atoms with E-state index in [4.69, 9.17) is 39.8 Å². The van der Waals surface area contributed by atoms with Gasteiger partial charge in [-0.05, 0) is 54.8 Å². The van der Waals surface area contributed by atoms with E-state index in [1.807, 2.05) is 43.3 Å². The second-order valence-corrected chi connectivity index (χ2v) is 9.95. The molecule has 1 aromatic carbocycles. The number of amidine groups is 1. The van der Waals surface area contributed by atoms with Crippen LogP contribution in [0.3, 0.4) is 0 Å². The number of aromatic nitrogens is 2. The molecular formula is C25H21Cl3N4OS. The smallest absolute Gasteiger partial charge is 0.165 e. The molecule has 9 heteroatoms. The van der Waals surface area contributed by atoms with Gasteiger partial charge in [0.05, 0.1) is 6.04 Å². The quantitative estimate of drug-likeness (QED) is 0.316. The summed E-state index contributed by atoms with van der Waals surface area (Å²) in [5.74, 6) is 0.625. The number of aliphatic imine (C=N–C) groups is 1. The fraction of sp³-hybridized carbons (Fsp3) is 0.200. The average molecular weight is 532 g/mol. The van der Waals surface area contributed by atoms with Gasteiger partial charge in [-0.2, -0.15) is 0 Å². The lowest BCUT2D eigenvalue weighted by Gasteiger charge is -2.38. The van der Waals surface area contributed by atoms with Crippen molar-refractivity contribution in [2.45, 2.75) is 32.2 Å². The number of Topliss-reactive ketones (excluding diaryl/α,β-unsaturated/α-hetero) is 1. The molecule has 0 saturated heterocycles. The molecule has 0 amide bonds. The van der Waals surface area contributed by atoms with Gasteiger partial charge in [0.2, 0.25) is 0 Å². The van der Waals surface area contributed by atoms with Crippen molar-refractivity contribution in [3.63, 3.8) is 0 Å². The summed E-state index contributed by atoms with van der Waals surface area (Å²) in [7, 11) is 0. The number of carbonyl (C=O) groups is 1. The number of thioether (sulfide) groups is 1. The van der Waals surface area contributed by atoms with E-state index in [0.29, 0.717) is 38.9 Å². The minimum absolute atomic E-state index is 0.0219. The number of halogens is 3. The summed E-state index contributed by atoms with van der Waals surface area (Å²) in [6.45, 7) is 3.95. The van der Waals surface area contributed by atoms with Gasteiger partial charge in [-0.15, -0.1) is 0 Å². The molecule has 5 nitrogen and oxygen atoms in total. The predicted molar refractivity (Wildman–Crippen MR) is 140 cm³/mol. The molecule has 0 N–H and O–H groups in total. The minimum Gasteiger partial charge on any atom is -0.335 e. The number of hydrogen-bond acceptors (Lipinski definition) is 6. The molecule has 0 bridgehead atoms. The molecule has 0 spiro atoms. The lowest BCUT2D eigenvalue weighted by Crippen LogP contribution is -2.38. The Balaban J connectivity index is 1.76. The van der Waals surface area contributed by atoms with Gasteiger partial charge in [-0.3, -0.25) is 4.79 Å². The standard InChI is InChI=1S/C25H21Cl3N4OS/c1-15-23(16(2)33)24(19-5-7-20(26)8-6-19)32(13-17-3-9-21(27)29-11-17)25(31-15)34-14-18-4-10-22(28)30-12-18/h3-12,24H,13-14H2,1-2H3/t24-/m0/s1. The molecule has 174 valence electrons. The molecule has 4 rings (SSSR count). The summed E-state index contributed by atoms with van der Waals surface area (Å²) >= 11 is 19.7. The van der Waals surface area contributed by atoms with E-state index in [9.17, 15) is 4.79 Å². The van der Waals surface area contributed by atoms with Gasteiger partial charge in [-0.25, -0.2) is 15.0 Å². The molecule has 34 heavy (non-hydrogen) atoms. The van der Waals surface area contributed by atoms with Gasteiger partial charge in [0.1, 0.15) is 10.3 Å². The summed E-state index contributed by atoms with van der Waals surface area (Å²) in [6.07, 6.45) is 3.50. The van der Waals surface area contributed by atoms with Crippen molar-refractivity contribution >= 4 is 57.5 Å². The second-order valence-electron chi connectivity index (χ2n) is 7.80. The van der Waals surface area contributed by atoms with Crippen LogP contribution in [0.25, 0.3) is 0 Å². The van der Waals surface area contributed by atoms with Crippen LogP contribution < -0.4 is 0 Å². The number of rotatable bonds is 6. The van der Waals surface area contributed by atoms with Gasteiger partial charge >= 0.3 is 0 Å². The number of nitrogens with zero attached hydrogens (tertiary/aromatic N) is 4. The molecule has 3 heterocycles. The fourth-order valence-electron chi connectivity index (χ4n) is 3.78. The number of pyridine rings is 2. The summed E-state index contributed by atoms with van der Waals surface area (Å²) in [5.41, 5.74) is 4.29. The van der Waals surface area contributed by atoms with E-state index < -0.39 is 0 Å². The van der Waals surface area contributed by atoms with E-state index in [1.54, 1.807) is 43.2 Å². The molecule has 1 atom stereocenters. The van der Waals surface area contributed by atoms with Crippen LogP contribution in [0.1, 0.15) is 36.6 Å². The van der Waals surface area contributed by atoms with Crippen LogP contribution in [0.5, 0.6) is 0 Å². The lowest BCUT2D eigenvalue weighted by molar-refractivity contribution is -0.114. The van der Waals surface area contributed by atoms with Crippen molar-refractivity contribution in [3.05, 3.63) is 104 Å². The zero-order valence-corrected chi connectivity index (χ0v) is 21.6. The van der Waals surface area contributed by atoms with Crippen molar-refractivity contribution in [2.24, 2.45) is 4.99 Å². The van der Waals surface area contributed by atoms with E-state index in [2.05, 4.69) is 14.9 Å². The third-order valence-electron chi connectivity index (χ3n) is 5.35. The second kappa shape index (κ2) is 10.9. The maximum atomic E-state index is 12.8. The highest BCUT2D eigenvalue weighted by atomic mass is 35.5. The normalized spacial score (nSPS) is 16.0. The van der Waals surface area contributed by atoms with Crippen LogP contribution in [0.2, 0.25) is 15.3 Å². The first-order chi connectivity index (χ1) is 16.3. The number of allylic oxidation sites excluding steroid dienone is 1. The summed E-state index contributed by atoms with van der Waals surface area (Å²) < 4.78 is 0. The Hall–Kier alpha value is -2.38. The minimum atomic E-state index is -0.325. The Morgan fingerprint density at radius 3 is 2.12 bits per heavy atom. The molecule has 0 fully saturated rings. The Labute approximate surface area is 217 Å². The molecule has 3 aromatic rings. The monoisotopic (exact) mass is 530 g/mol. The Kier molecular flexibility index (Phi) is 7.94. The van der Waals surface area contributed by atoms with Gasteiger partial charge in [0, 0.05) is 41.0 Å². The highest BCUT2D eigenvalue weighted by Gasteiger charge is 2.34. The number of carbonyl (C=O) groups excluding carboxylic acids is 1. The first-order valence-corrected chi connectivity index (χ1v) is 12.6. The first-order valence-electron chi connectivity index (χ1n) is 10.5. The first kappa shape index (κ1) is 24.7. The highest BCUT2D eigenvalue weighted by molar-refractivity contribution is 8.13. The zero-order chi connectivity index (χ0) is 24.2. The molecule has 0 radical (unpaired) electrons. The van der Waals surface area contributed by atoms with Crippen LogP contribution in [0.4, 0.5) is 0 Å². The van der Waals surface area contributed by atoms with E-state index in [1.165, 1.54) is 0 Å². The number of ketones is 1. The van der Waals surface area contributed by atoms with Crippen LogP contribution in [0.15, 0.2) is 77.2 Å². The molecule has 0 saturated carbocycles. The van der Waals surface area contributed by atoms with Crippen molar-refractivity contribution in [1.82, 2.24) is 14.9 Å². The summed E-state index contributed by atoms with van der Waals surface area (Å²) in [5, 5.41) is 2.31. The van der Waals surface area contributed by atoms with Crippen molar-refractivity contribution in [1.29, 1.82) is 0 Å². The number of benzene rings is 1. The van der Waals surface area contributed by atoms with E-state index in [0.717, 1.165) is 21.9 Å². The van der Waals surface area contributed by atoms with Crippen molar-refractivity contribution < 1.29 is 4.79 Å². The summed E-state index contributed by atoms with van der Waals surface area (Å²) in [6, 6.07) is 14.7. The van der Waals surface area contributed by atoms with Crippen molar-refractivity contribution in [3.8, 4) is 0 Å². The van der Waals surface area contributed by atoms with Gasteiger partial charge in [0.25, 0.3) is 0 Å². The van der Waals surface area contributed by atoms with Crippen molar-refractivity contribution in [2.75, 3.05) is 0 Å². The Morgan fingerprint density at radius 1 is 0.941 bits per heavy atom. The number of hydrogen-bond donors (Lipinski definition) is 0. The maximum absolute atomic E-state index is 12.8. The summed E-state index contributed by atoms with van der Waals surface area (Å²) in [4.78, 5) is 28.2. The zero-order valence-electron chi connectivity index (χ0n) is 18.5. The van der Waals surface area contributed by atoms with E-state index >= 15 is 0 Å². The fourth-order valence-corrected chi connectivity index (χ4v) is 5.13. The SMILES string of the molecule is CC(=O)C1=C(C)N=C(SCc2ccc(Cl)nc2)N(Cc2ccc(Cl)nc2)[C@H]1c1ccc(Cl)cc1. The van der Waals surface area contributed by atoms with Gasteiger partial charge in [-0.1, -0.05) is 70.8 Å². The molecule has 1 aliphatic heterocycles. The molecule has 2 aromatic heterocycles. The molecular weight excluding hydrogens is 511 g/mol. The van der Waals surface area contributed by atoms with E-state index in [-0.39, 0.29) is 11.8 Å². The average Bonchev–Trinajstić information content (AvgIpc) is 2.81. The third kappa shape index (κ3) is 5.81. The molecule has 0 aliphatic carbocycles.